The van der Waals surface area contributed by atoms with Gasteiger partial charge in [0.15, 0.2) is 0 Å². The molecule has 0 spiro atoms. The predicted molar refractivity (Wildman–Crippen MR) is 49.4 cm³/mol. The van der Waals surface area contributed by atoms with E-state index >= 15 is 0 Å². The van der Waals surface area contributed by atoms with Crippen molar-refractivity contribution in [3.63, 3.8) is 0 Å². The normalized spacial score (nSPS) is 11.8. The van der Waals surface area contributed by atoms with E-state index in [1.165, 1.54) is 0 Å². The molecule has 0 radical (unpaired) electrons. The largest absolute Gasteiger partial charge is 0.294 e. The van der Waals surface area contributed by atoms with Crippen LogP contribution in [0.5, 0.6) is 0 Å². The second-order valence-corrected chi connectivity index (χ2v) is 3.56. The van der Waals surface area contributed by atoms with Crippen LogP contribution in [-0.4, -0.2) is 0 Å². The highest BCUT2D eigenvalue weighted by atomic mass is 19.1. The topological polar surface area (TPSA) is 35.2 Å². The highest BCUT2D eigenvalue weighted by molar-refractivity contribution is 5.28. The van der Waals surface area contributed by atoms with Gasteiger partial charge >= 0.3 is 0 Å². The van der Waals surface area contributed by atoms with Crippen LogP contribution in [0.2, 0.25) is 0 Å². The smallest absolute Gasteiger partial charge is 0.132 e. The number of rotatable bonds is 2. The van der Waals surface area contributed by atoms with Crippen LogP contribution in [0.1, 0.15) is 25.0 Å². The van der Waals surface area contributed by atoms with Crippen LogP contribution in [0.15, 0.2) is 18.2 Å². The lowest BCUT2D eigenvalue weighted by molar-refractivity contribution is -0.0261. The summed E-state index contributed by atoms with van der Waals surface area (Å²) in [7, 11) is 0. The molecule has 3 heteroatoms. The van der Waals surface area contributed by atoms with Crippen molar-refractivity contribution in [3.05, 3.63) is 35.1 Å². The minimum Gasteiger partial charge on any atom is -0.294 e. The molecule has 1 aromatic rings. The summed E-state index contributed by atoms with van der Waals surface area (Å²) in [6.45, 7) is 5.17. The maximum absolute atomic E-state index is 13.5. The van der Waals surface area contributed by atoms with E-state index in [2.05, 4.69) is 0 Å². The Bertz CT molecular complexity index is 310. The van der Waals surface area contributed by atoms with Crippen LogP contribution < -0.4 is 5.90 Å². The molecule has 2 N–H and O–H groups in total. The molecule has 0 unspecified atom stereocenters. The van der Waals surface area contributed by atoms with Gasteiger partial charge in [-0.05, 0) is 26.3 Å². The third kappa shape index (κ3) is 1.87. The van der Waals surface area contributed by atoms with Crippen LogP contribution in [0, 0.1) is 12.7 Å². The summed E-state index contributed by atoms with van der Waals surface area (Å²) in [5, 5.41) is 0. The average molecular weight is 183 g/mol. The van der Waals surface area contributed by atoms with Crippen LogP contribution >= 0.6 is 0 Å². The highest BCUT2D eigenvalue weighted by Crippen LogP contribution is 2.26. The van der Waals surface area contributed by atoms with Gasteiger partial charge in [0.25, 0.3) is 0 Å². The van der Waals surface area contributed by atoms with Crippen molar-refractivity contribution >= 4 is 0 Å². The summed E-state index contributed by atoms with van der Waals surface area (Å²) < 4.78 is 13.5. The Morgan fingerprint density at radius 1 is 1.38 bits per heavy atom. The Kier molecular flexibility index (Phi) is 2.68. The van der Waals surface area contributed by atoms with E-state index < -0.39 is 5.60 Å². The number of hydrogen-bond acceptors (Lipinski definition) is 2. The quantitative estimate of drug-likeness (QED) is 0.714. The van der Waals surface area contributed by atoms with Gasteiger partial charge in [0, 0.05) is 5.56 Å². The maximum atomic E-state index is 13.5. The van der Waals surface area contributed by atoms with Crippen molar-refractivity contribution in [2.24, 2.45) is 5.90 Å². The second kappa shape index (κ2) is 3.44. The molecule has 0 bridgehead atoms. The van der Waals surface area contributed by atoms with Crippen LogP contribution in [0.25, 0.3) is 0 Å². The number of benzene rings is 1. The third-order valence-corrected chi connectivity index (χ3v) is 2.14. The molecular formula is C10H14FNO. The van der Waals surface area contributed by atoms with Gasteiger partial charge in [-0.1, -0.05) is 18.2 Å². The molecule has 1 rings (SSSR count). The first kappa shape index (κ1) is 10.2. The number of nitrogens with two attached hydrogens (primary N) is 1. The van der Waals surface area contributed by atoms with Gasteiger partial charge in [0.05, 0.1) is 0 Å². The van der Waals surface area contributed by atoms with E-state index in [9.17, 15) is 4.39 Å². The molecule has 0 fully saturated rings. The zero-order chi connectivity index (χ0) is 10.1. The SMILES string of the molecule is Cc1cccc(C(C)(C)ON)c1F. The monoisotopic (exact) mass is 183 g/mol. The predicted octanol–water partition coefficient (Wildman–Crippen LogP) is 2.26. The van der Waals surface area contributed by atoms with Gasteiger partial charge in [-0.15, -0.1) is 0 Å². The first-order chi connectivity index (χ1) is 5.99. The molecule has 0 atom stereocenters. The lowest BCUT2D eigenvalue weighted by atomic mass is 9.96. The van der Waals surface area contributed by atoms with Gasteiger partial charge < -0.3 is 0 Å². The summed E-state index contributed by atoms with van der Waals surface area (Å²) in [5.74, 6) is 4.84. The zero-order valence-electron chi connectivity index (χ0n) is 8.10. The van der Waals surface area contributed by atoms with Crippen molar-refractivity contribution in [1.29, 1.82) is 0 Å². The standard InChI is InChI=1S/C10H14FNO/c1-7-5-4-6-8(9(7)11)10(2,3)13-12/h4-6H,12H2,1-3H3. The fourth-order valence-electron chi connectivity index (χ4n) is 1.18. The summed E-state index contributed by atoms with van der Waals surface area (Å²) in [4.78, 5) is 4.72. The van der Waals surface area contributed by atoms with Gasteiger partial charge in [-0.25, -0.2) is 10.3 Å². The molecule has 1 aromatic carbocycles. The molecule has 0 aliphatic carbocycles. The Balaban J connectivity index is 3.22. The summed E-state index contributed by atoms with van der Waals surface area (Å²) in [6, 6.07) is 5.18. The Labute approximate surface area is 77.5 Å². The Morgan fingerprint density at radius 2 is 2.00 bits per heavy atom. The van der Waals surface area contributed by atoms with Crippen LogP contribution in [0.4, 0.5) is 4.39 Å². The molecule has 0 aliphatic heterocycles. The Hall–Kier alpha value is -0.930. The average Bonchev–Trinajstić information content (AvgIpc) is 2.09. The van der Waals surface area contributed by atoms with Crippen molar-refractivity contribution < 1.29 is 9.23 Å². The van der Waals surface area contributed by atoms with Crippen molar-refractivity contribution in [2.75, 3.05) is 0 Å². The lowest BCUT2D eigenvalue weighted by Gasteiger charge is -2.23. The molecule has 13 heavy (non-hydrogen) atoms. The van der Waals surface area contributed by atoms with E-state index in [-0.39, 0.29) is 5.82 Å². The third-order valence-electron chi connectivity index (χ3n) is 2.14. The van der Waals surface area contributed by atoms with E-state index in [4.69, 9.17) is 10.7 Å². The molecular weight excluding hydrogens is 169 g/mol. The number of aryl methyl sites for hydroxylation is 1. The molecule has 72 valence electrons. The molecule has 0 aliphatic rings. The first-order valence-corrected chi connectivity index (χ1v) is 4.12. The summed E-state index contributed by atoms with van der Waals surface area (Å²) in [6.07, 6.45) is 0. The molecule has 0 aromatic heterocycles. The molecule has 0 heterocycles. The van der Waals surface area contributed by atoms with Crippen LogP contribution in [0.3, 0.4) is 0 Å². The first-order valence-electron chi connectivity index (χ1n) is 4.12. The second-order valence-electron chi connectivity index (χ2n) is 3.56. The highest BCUT2D eigenvalue weighted by Gasteiger charge is 2.24. The van der Waals surface area contributed by atoms with Gasteiger partial charge in [-0.2, -0.15) is 0 Å². The fraction of sp³-hybridized carbons (Fsp3) is 0.400. The molecule has 0 amide bonds. The summed E-state index contributed by atoms with van der Waals surface area (Å²) in [5.41, 5.74) is 0.299. The summed E-state index contributed by atoms with van der Waals surface area (Å²) >= 11 is 0. The van der Waals surface area contributed by atoms with Gasteiger partial charge in [0.1, 0.15) is 11.4 Å². The van der Waals surface area contributed by atoms with E-state index in [1.807, 2.05) is 0 Å². The minimum absolute atomic E-state index is 0.252. The van der Waals surface area contributed by atoms with Gasteiger partial charge in [0.2, 0.25) is 0 Å². The molecule has 2 nitrogen and oxygen atoms in total. The van der Waals surface area contributed by atoms with Crippen molar-refractivity contribution in [1.82, 2.24) is 0 Å². The maximum Gasteiger partial charge on any atom is 0.132 e. The van der Waals surface area contributed by atoms with E-state index in [0.29, 0.717) is 11.1 Å². The lowest BCUT2D eigenvalue weighted by Crippen LogP contribution is -2.26. The van der Waals surface area contributed by atoms with E-state index in [0.717, 1.165) is 0 Å². The fourth-order valence-corrected chi connectivity index (χ4v) is 1.18. The van der Waals surface area contributed by atoms with E-state index in [1.54, 1.807) is 39.0 Å². The zero-order valence-corrected chi connectivity index (χ0v) is 8.10. The number of hydrogen-bond donors (Lipinski definition) is 1. The number of halogens is 1. The molecule has 0 saturated carbocycles. The van der Waals surface area contributed by atoms with Crippen LogP contribution in [-0.2, 0) is 10.4 Å². The van der Waals surface area contributed by atoms with Crippen molar-refractivity contribution in [3.8, 4) is 0 Å². The molecule has 0 saturated heterocycles. The van der Waals surface area contributed by atoms with Gasteiger partial charge in [-0.3, -0.25) is 4.84 Å². The Morgan fingerprint density at radius 3 is 2.54 bits per heavy atom. The van der Waals surface area contributed by atoms with Crippen molar-refractivity contribution in [2.45, 2.75) is 26.4 Å². The minimum atomic E-state index is -0.782.